The summed E-state index contributed by atoms with van der Waals surface area (Å²) in [5.74, 6) is 0. The van der Waals surface area contributed by atoms with E-state index in [4.69, 9.17) is 15.0 Å². The van der Waals surface area contributed by atoms with Crippen LogP contribution in [0.2, 0.25) is 0 Å². The maximum absolute atomic E-state index is 5.24. The molecule has 3 aromatic carbocycles. The summed E-state index contributed by atoms with van der Waals surface area (Å²) in [4.78, 5) is 19.2. The van der Waals surface area contributed by atoms with E-state index in [1.165, 1.54) is 0 Å². The van der Waals surface area contributed by atoms with Crippen molar-refractivity contribution in [3.8, 4) is 0 Å². The van der Waals surface area contributed by atoms with Crippen LogP contribution in [0, 0.1) is 0 Å². The number of benzene rings is 3. The Morgan fingerprint density at radius 2 is 0.732 bits per heavy atom. The fourth-order valence-electron chi connectivity index (χ4n) is 5.73. The highest BCUT2D eigenvalue weighted by Gasteiger charge is 2.25. The van der Waals surface area contributed by atoms with Gasteiger partial charge in [-0.2, -0.15) is 0 Å². The van der Waals surface area contributed by atoms with Crippen LogP contribution in [0.25, 0.3) is 16.7 Å². The van der Waals surface area contributed by atoms with Gasteiger partial charge in [-0.1, -0.05) is 91.0 Å². The molecule has 4 aromatic rings. The first-order chi connectivity index (χ1) is 20.3. The molecular weight excluding hydrogens is 500 g/mol. The number of rotatable bonds is 3. The first-order valence-corrected chi connectivity index (χ1v) is 13.7. The van der Waals surface area contributed by atoms with Crippen LogP contribution in [0.4, 0.5) is 0 Å². The number of hydrogen-bond acceptors (Lipinski definition) is 3. The van der Waals surface area contributed by atoms with Gasteiger partial charge in [-0.05, 0) is 65.3 Å². The van der Waals surface area contributed by atoms with Gasteiger partial charge in [0.05, 0.1) is 39.9 Å². The molecule has 0 fully saturated rings. The summed E-state index contributed by atoms with van der Waals surface area (Å²) in [5, 5.41) is 0. The number of nitrogens with zero attached hydrogens (tertiary/aromatic N) is 3. The third-order valence-electron chi connectivity index (χ3n) is 7.62. The Hall–Kier alpha value is -5.61. The lowest BCUT2D eigenvalue weighted by atomic mass is 9.99. The molecule has 1 aromatic heterocycles. The second-order valence-electron chi connectivity index (χ2n) is 10.2. The maximum Gasteiger partial charge on any atom is 0.0872 e. The van der Waals surface area contributed by atoms with Crippen molar-refractivity contribution in [1.29, 1.82) is 0 Å². The zero-order valence-electron chi connectivity index (χ0n) is 22.1. The van der Waals surface area contributed by atoms with Crippen molar-refractivity contribution in [2.75, 3.05) is 0 Å². The summed E-state index contributed by atoms with van der Waals surface area (Å²) in [6.07, 6.45) is 12.6. The summed E-state index contributed by atoms with van der Waals surface area (Å²) >= 11 is 0. The van der Waals surface area contributed by atoms with Crippen LogP contribution < -0.4 is 0 Å². The highest BCUT2D eigenvalue weighted by atomic mass is 14.9. The third-order valence-corrected chi connectivity index (χ3v) is 7.62. The molecule has 0 unspecified atom stereocenters. The van der Waals surface area contributed by atoms with E-state index < -0.39 is 0 Å². The molecule has 0 spiro atoms. The lowest BCUT2D eigenvalue weighted by molar-refractivity contribution is 1.29. The van der Waals surface area contributed by atoms with Crippen LogP contribution in [0.1, 0.15) is 28.1 Å². The molecule has 0 atom stereocenters. The van der Waals surface area contributed by atoms with E-state index in [0.717, 1.165) is 79.0 Å². The first kappa shape index (κ1) is 23.3. The van der Waals surface area contributed by atoms with E-state index in [1.54, 1.807) is 0 Å². The average Bonchev–Trinajstić information content (AvgIpc) is 3.84. The van der Waals surface area contributed by atoms with E-state index in [9.17, 15) is 0 Å². The molecule has 4 aliphatic rings. The zero-order chi connectivity index (χ0) is 27.2. The topological polar surface area (TPSA) is 52.9 Å². The summed E-state index contributed by atoms with van der Waals surface area (Å²) in [6, 6.07) is 35.4. The van der Waals surface area contributed by atoms with Gasteiger partial charge in [0.25, 0.3) is 0 Å². The number of hydrogen-bond donors (Lipinski definition) is 1. The number of allylic oxidation sites excluding steroid dienone is 8. The molecule has 192 valence electrons. The molecule has 5 heterocycles. The Kier molecular flexibility index (Phi) is 5.42. The van der Waals surface area contributed by atoms with Crippen LogP contribution in [-0.2, 0) is 0 Å². The Morgan fingerprint density at radius 3 is 1.24 bits per heavy atom. The third kappa shape index (κ3) is 4.05. The van der Waals surface area contributed by atoms with Crippen molar-refractivity contribution >= 4 is 33.9 Å². The lowest BCUT2D eigenvalue weighted by Crippen LogP contribution is -2.01. The Bertz CT molecular complexity index is 1990. The quantitative estimate of drug-likeness (QED) is 0.282. The van der Waals surface area contributed by atoms with Crippen molar-refractivity contribution in [3.05, 3.63) is 185 Å². The number of aromatic amines is 1. The van der Waals surface area contributed by atoms with Gasteiger partial charge in [0.1, 0.15) is 0 Å². The maximum atomic E-state index is 5.24. The van der Waals surface area contributed by atoms with E-state index in [2.05, 4.69) is 126 Å². The smallest absolute Gasteiger partial charge is 0.0872 e. The lowest BCUT2D eigenvalue weighted by Gasteiger charge is -2.11. The van der Waals surface area contributed by atoms with E-state index in [-0.39, 0.29) is 0 Å². The second-order valence-corrected chi connectivity index (χ2v) is 10.2. The van der Waals surface area contributed by atoms with E-state index >= 15 is 0 Å². The monoisotopic (exact) mass is 524 g/mol. The van der Waals surface area contributed by atoms with Crippen molar-refractivity contribution < 1.29 is 0 Å². The first-order valence-electron chi connectivity index (χ1n) is 13.7. The summed E-state index contributed by atoms with van der Waals surface area (Å²) in [6.45, 7) is 0. The van der Waals surface area contributed by atoms with Crippen LogP contribution in [0.5, 0.6) is 0 Å². The molecular formula is C37H24N4. The van der Waals surface area contributed by atoms with Crippen molar-refractivity contribution in [2.45, 2.75) is 0 Å². The summed E-state index contributed by atoms with van der Waals surface area (Å²) in [7, 11) is 0. The summed E-state index contributed by atoms with van der Waals surface area (Å²) < 4.78 is 0. The van der Waals surface area contributed by atoms with Gasteiger partial charge in [-0.3, -0.25) is 0 Å². The molecule has 0 saturated carbocycles. The molecule has 0 aliphatic carbocycles. The minimum Gasteiger partial charge on any atom is -0.353 e. The normalized spacial score (nSPS) is 17.1. The van der Waals surface area contributed by atoms with Crippen molar-refractivity contribution in [3.63, 3.8) is 0 Å². The van der Waals surface area contributed by atoms with Crippen LogP contribution in [-0.4, -0.2) is 22.1 Å². The van der Waals surface area contributed by atoms with Gasteiger partial charge in [0.2, 0.25) is 0 Å². The fourth-order valence-corrected chi connectivity index (χ4v) is 5.73. The van der Waals surface area contributed by atoms with Gasteiger partial charge in [-0.15, -0.1) is 0 Å². The number of nitrogens with one attached hydrogen (secondary N) is 1. The Labute approximate surface area is 238 Å². The number of fused-ring (bicyclic) bond motifs is 6. The minimum atomic E-state index is 0.883. The molecule has 8 rings (SSSR count). The van der Waals surface area contributed by atoms with Crippen molar-refractivity contribution in [2.24, 2.45) is 15.0 Å². The highest BCUT2D eigenvalue weighted by Crippen LogP contribution is 2.36. The zero-order valence-corrected chi connectivity index (χ0v) is 22.1. The van der Waals surface area contributed by atoms with Crippen LogP contribution in [0.15, 0.2) is 172 Å². The molecule has 8 bridgehead atoms. The van der Waals surface area contributed by atoms with Gasteiger partial charge < -0.3 is 4.98 Å². The number of H-pyrrole nitrogens is 1. The molecule has 0 amide bonds. The van der Waals surface area contributed by atoms with Gasteiger partial charge in [0, 0.05) is 22.4 Å². The standard InChI is InChI=1S/C37H24N4/c1-4-10-24(11-5-1)35-29-18-16-27(38-29)28-17-19-30(39-28)36(25-12-6-2-7-13-25)32-21-23-34(41-32)37(26-14-8-3-9-15-26)33-22-20-31(35)40-33/h1-23,38H. The number of aliphatic imine (C=N–C) groups is 3. The predicted octanol–water partition coefficient (Wildman–Crippen LogP) is 7.99. The van der Waals surface area contributed by atoms with Crippen molar-refractivity contribution in [1.82, 2.24) is 4.98 Å². The van der Waals surface area contributed by atoms with Gasteiger partial charge in [0.15, 0.2) is 0 Å². The second kappa shape index (κ2) is 9.54. The minimum absolute atomic E-state index is 0.883. The SMILES string of the molecule is C1=CC2=C(c3ccccc3)C3=NC(=C(c4ccccc4)c4ccc([nH]4)C4=NC(=C(c5ccccc5)C1=N2)C=C4)C=C3. The highest BCUT2D eigenvalue weighted by molar-refractivity contribution is 6.36. The fraction of sp³-hybridized carbons (Fsp3) is 0. The molecule has 4 heteroatoms. The molecule has 0 radical (unpaired) electrons. The van der Waals surface area contributed by atoms with E-state index in [0.29, 0.717) is 0 Å². The Morgan fingerprint density at radius 1 is 0.341 bits per heavy atom. The van der Waals surface area contributed by atoms with Gasteiger partial charge in [-0.25, -0.2) is 15.0 Å². The van der Waals surface area contributed by atoms with Crippen LogP contribution >= 0.6 is 0 Å². The number of aromatic nitrogens is 1. The largest absolute Gasteiger partial charge is 0.353 e. The molecule has 1 N–H and O–H groups in total. The molecule has 0 saturated heterocycles. The average molecular weight is 525 g/mol. The molecule has 4 nitrogen and oxygen atoms in total. The van der Waals surface area contributed by atoms with Gasteiger partial charge >= 0.3 is 0 Å². The predicted molar refractivity (Wildman–Crippen MR) is 169 cm³/mol. The molecule has 4 aliphatic heterocycles. The Balaban J connectivity index is 1.45. The molecule has 41 heavy (non-hydrogen) atoms. The summed E-state index contributed by atoms with van der Waals surface area (Å²) in [5.41, 5.74) is 13.6. The van der Waals surface area contributed by atoms with Crippen LogP contribution in [0.3, 0.4) is 0 Å². The van der Waals surface area contributed by atoms with E-state index in [1.807, 2.05) is 18.2 Å².